The van der Waals surface area contributed by atoms with Crippen LogP contribution < -0.4 is 4.74 Å². The monoisotopic (exact) mass is 424 g/mol. The summed E-state index contributed by atoms with van der Waals surface area (Å²) < 4.78 is 24.1. The molecule has 2 heterocycles. The molecule has 0 radical (unpaired) electrons. The first-order chi connectivity index (χ1) is 14.6. The van der Waals surface area contributed by atoms with Crippen LogP contribution in [0.3, 0.4) is 0 Å². The van der Waals surface area contributed by atoms with Gasteiger partial charge in [0, 0.05) is 12.2 Å². The highest BCUT2D eigenvalue weighted by Crippen LogP contribution is 2.34. The molecule has 1 amide bonds. The zero-order valence-electron chi connectivity index (χ0n) is 16.5. The minimum Gasteiger partial charge on any atom is -0.497 e. The topological polar surface area (TPSA) is 55.0 Å². The SMILES string of the molecule is COc1ccc(C2=NN(C(=O)CSCc3cccc(F)c3)[C@H](c3ccco3)C2)cc1. The predicted octanol–water partition coefficient (Wildman–Crippen LogP) is 5.04. The smallest absolute Gasteiger partial charge is 0.253 e. The third-order valence-corrected chi connectivity index (χ3v) is 5.83. The third-order valence-electron chi connectivity index (χ3n) is 4.84. The summed E-state index contributed by atoms with van der Waals surface area (Å²) in [4.78, 5) is 12.9. The molecule has 4 rings (SSSR count). The van der Waals surface area contributed by atoms with E-state index in [1.807, 2.05) is 42.5 Å². The van der Waals surface area contributed by atoms with Crippen molar-refractivity contribution in [3.05, 3.63) is 89.6 Å². The summed E-state index contributed by atoms with van der Waals surface area (Å²) in [6, 6.07) is 17.4. The predicted molar refractivity (Wildman–Crippen MR) is 115 cm³/mol. The highest BCUT2D eigenvalue weighted by molar-refractivity contribution is 7.99. The van der Waals surface area contributed by atoms with Crippen molar-refractivity contribution in [2.75, 3.05) is 12.9 Å². The number of furan rings is 1. The van der Waals surface area contributed by atoms with Gasteiger partial charge in [-0.15, -0.1) is 11.8 Å². The maximum atomic E-state index is 13.3. The first kappa shape index (κ1) is 20.2. The van der Waals surface area contributed by atoms with Gasteiger partial charge in [0.2, 0.25) is 0 Å². The van der Waals surface area contributed by atoms with Crippen molar-refractivity contribution in [1.82, 2.24) is 5.01 Å². The second-order valence-corrected chi connectivity index (χ2v) is 7.86. The Kier molecular flexibility index (Phi) is 6.18. The molecule has 0 saturated heterocycles. The largest absolute Gasteiger partial charge is 0.497 e. The first-order valence-electron chi connectivity index (χ1n) is 9.53. The fraction of sp³-hybridized carbons (Fsp3) is 0.217. The molecule has 5 nitrogen and oxygen atoms in total. The van der Waals surface area contributed by atoms with Crippen molar-refractivity contribution in [3.63, 3.8) is 0 Å². The number of nitrogens with zero attached hydrogens (tertiary/aromatic N) is 2. The number of thioether (sulfide) groups is 1. The highest BCUT2D eigenvalue weighted by Gasteiger charge is 2.34. The van der Waals surface area contributed by atoms with Crippen LogP contribution in [0.1, 0.15) is 29.3 Å². The number of benzene rings is 2. The molecule has 0 unspecified atom stereocenters. The molecule has 0 aliphatic carbocycles. The minimum absolute atomic E-state index is 0.110. The molecule has 1 aromatic heterocycles. The van der Waals surface area contributed by atoms with Crippen LogP contribution in [0.2, 0.25) is 0 Å². The molecule has 154 valence electrons. The molecule has 1 atom stereocenters. The Morgan fingerprint density at radius 3 is 2.77 bits per heavy atom. The van der Waals surface area contributed by atoms with E-state index >= 15 is 0 Å². The van der Waals surface area contributed by atoms with Crippen LogP contribution in [0.4, 0.5) is 4.39 Å². The van der Waals surface area contributed by atoms with Crippen molar-refractivity contribution in [3.8, 4) is 5.75 Å². The van der Waals surface area contributed by atoms with Crippen LogP contribution in [0.15, 0.2) is 76.4 Å². The van der Waals surface area contributed by atoms with E-state index in [1.165, 1.54) is 28.9 Å². The molecule has 7 heteroatoms. The Morgan fingerprint density at radius 1 is 1.23 bits per heavy atom. The number of methoxy groups -OCH3 is 1. The van der Waals surface area contributed by atoms with Crippen LogP contribution in [-0.2, 0) is 10.5 Å². The molecular weight excluding hydrogens is 403 g/mol. The number of hydrazone groups is 1. The van der Waals surface area contributed by atoms with Gasteiger partial charge in [0.15, 0.2) is 0 Å². The molecule has 2 aromatic carbocycles. The Balaban J connectivity index is 1.48. The van der Waals surface area contributed by atoms with Gasteiger partial charge in [0.25, 0.3) is 5.91 Å². The zero-order valence-corrected chi connectivity index (χ0v) is 17.3. The summed E-state index contributed by atoms with van der Waals surface area (Å²) in [7, 11) is 1.62. The number of hydrogen-bond acceptors (Lipinski definition) is 5. The van der Waals surface area contributed by atoms with Gasteiger partial charge < -0.3 is 9.15 Å². The Labute approximate surface area is 178 Å². The van der Waals surface area contributed by atoms with Gasteiger partial charge in [-0.05, 0) is 59.7 Å². The van der Waals surface area contributed by atoms with E-state index in [4.69, 9.17) is 9.15 Å². The van der Waals surface area contributed by atoms with Gasteiger partial charge in [-0.3, -0.25) is 4.79 Å². The lowest BCUT2D eigenvalue weighted by Gasteiger charge is -2.19. The van der Waals surface area contributed by atoms with Gasteiger partial charge >= 0.3 is 0 Å². The fourth-order valence-electron chi connectivity index (χ4n) is 3.35. The minimum atomic E-state index is -0.278. The van der Waals surface area contributed by atoms with E-state index in [0.29, 0.717) is 17.9 Å². The summed E-state index contributed by atoms with van der Waals surface area (Å²) in [6.07, 6.45) is 2.17. The molecule has 0 saturated carbocycles. The average molecular weight is 424 g/mol. The van der Waals surface area contributed by atoms with Crippen molar-refractivity contribution in [2.45, 2.75) is 18.2 Å². The third kappa shape index (κ3) is 4.57. The molecular formula is C23H21FN2O3S. The Hall–Kier alpha value is -3.06. The summed E-state index contributed by atoms with van der Waals surface area (Å²) in [5.41, 5.74) is 2.61. The van der Waals surface area contributed by atoms with Crippen LogP contribution in [0, 0.1) is 5.82 Å². The van der Waals surface area contributed by atoms with E-state index in [-0.39, 0.29) is 23.5 Å². The Morgan fingerprint density at radius 2 is 2.07 bits per heavy atom. The molecule has 0 fully saturated rings. The van der Waals surface area contributed by atoms with Crippen molar-refractivity contribution in [1.29, 1.82) is 0 Å². The summed E-state index contributed by atoms with van der Waals surface area (Å²) in [6.45, 7) is 0. The lowest BCUT2D eigenvalue weighted by Crippen LogP contribution is -2.28. The fourth-order valence-corrected chi connectivity index (χ4v) is 4.17. The van der Waals surface area contributed by atoms with E-state index in [9.17, 15) is 9.18 Å². The molecule has 0 N–H and O–H groups in total. The van der Waals surface area contributed by atoms with E-state index in [1.54, 1.807) is 19.4 Å². The van der Waals surface area contributed by atoms with Gasteiger partial charge in [0.05, 0.1) is 24.8 Å². The first-order valence-corrected chi connectivity index (χ1v) is 10.7. The number of ether oxygens (including phenoxy) is 1. The molecule has 3 aromatic rings. The second-order valence-electron chi connectivity index (χ2n) is 6.87. The molecule has 1 aliphatic heterocycles. The number of carbonyl (C=O) groups excluding carboxylic acids is 1. The lowest BCUT2D eigenvalue weighted by molar-refractivity contribution is -0.130. The van der Waals surface area contributed by atoms with Crippen molar-refractivity contribution in [2.24, 2.45) is 5.10 Å². The van der Waals surface area contributed by atoms with Crippen LogP contribution in [-0.4, -0.2) is 29.5 Å². The quantitative estimate of drug-likeness (QED) is 0.533. The second kappa shape index (κ2) is 9.17. The number of rotatable bonds is 7. The standard InChI is InChI=1S/C23H21FN2O3S/c1-28-19-9-7-17(8-10-19)20-13-21(22-6-3-11-29-22)26(25-20)23(27)15-30-14-16-4-2-5-18(24)12-16/h2-12,21H,13-15H2,1H3/t21-/m0/s1. The van der Waals surface area contributed by atoms with E-state index in [2.05, 4.69) is 5.10 Å². The van der Waals surface area contributed by atoms with Gasteiger partial charge in [-0.1, -0.05) is 12.1 Å². The number of amides is 1. The molecule has 1 aliphatic rings. The normalized spacial score (nSPS) is 15.9. The van der Waals surface area contributed by atoms with Crippen molar-refractivity contribution < 1.29 is 18.3 Å². The van der Waals surface area contributed by atoms with Crippen LogP contribution >= 0.6 is 11.8 Å². The van der Waals surface area contributed by atoms with Crippen LogP contribution in [0.25, 0.3) is 0 Å². The van der Waals surface area contributed by atoms with Crippen molar-refractivity contribution >= 4 is 23.4 Å². The molecule has 30 heavy (non-hydrogen) atoms. The van der Waals surface area contributed by atoms with Crippen LogP contribution in [0.5, 0.6) is 5.75 Å². The maximum absolute atomic E-state index is 13.3. The number of halogens is 1. The average Bonchev–Trinajstić information content (AvgIpc) is 3.44. The van der Waals surface area contributed by atoms with E-state index in [0.717, 1.165) is 22.6 Å². The summed E-state index contributed by atoms with van der Waals surface area (Å²) in [5, 5.41) is 6.13. The Bertz CT molecular complexity index is 1030. The van der Waals surface area contributed by atoms with Gasteiger partial charge in [-0.2, -0.15) is 5.10 Å². The summed E-state index contributed by atoms with van der Waals surface area (Å²) >= 11 is 1.44. The maximum Gasteiger partial charge on any atom is 0.253 e. The van der Waals surface area contributed by atoms with Gasteiger partial charge in [-0.25, -0.2) is 9.40 Å². The molecule has 0 bridgehead atoms. The number of carbonyl (C=O) groups is 1. The highest BCUT2D eigenvalue weighted by atomic mass is 32.2. The summed E-state index contributed by atoms with van der Waals surface area (Å²) in [5.74, 6) is 1.88. The molecule has 0 spiro atoms. The number of hydrogen-bond donors (Lipinski definition) is 0. The zero-order chi connectivity index (χ0) is 20.9. The lowest BCUT2D eigenvalue weighted by atomic mass is 10.0. The van der Waals surface area contributed by atoms with Gasteiger partial charge in [0.1, 0.15) is 23.4 Å². The van der Waals surface area contributed by atoms with E-state index < -0.39 is 0 Å².